The second-order valence-corrected chi connectivity index (χ2v) is 14.1. The highest BCUT2D eigenvalue weighted by atomic mass is 16.3. The molecule has 0 fully saturated rings. The van der Waals surface area contributed by atoms with Crippen LogP contribution in [0.5, 0.6) is 0 Å². The van der Waals surface area contributed by atoms with Crippen molar-refractivity contribution in [2.24, 2.45) is 0 Å². The van der Waals surface area contributed by atoms with Crippen LogP contribution < -0.4 is 4.90 Å². The molecule has 0 aliphatic rings. The van der Waals surface area contributed by atoms with Gasteiger partial charge in [0.15, 0.2) is 0 Å². The molecule has 11 rings (SSSR count). The molecule has 0 spiro atoms. The zero-order valence-corrected chi connectivity index (χ0v) is 29.9. The van der Waals surface area contributed by atoms with Crippen molar-refractivity contribution in [2.75, 3.05) is 4.90 Å². The van der Waals surface area contributed by atoms with Crippen molar-refractivity contribution in [1.29, 1.82) is 0 Å². The first-order chi connectivity index (χ1) is 27.3. The van der Waals surface area contributed by atoms with Crippen LogP contribution in [0.4, 0.5) is 17.1 Å². The van der Waals surface area contributed by atoms with Gasteiger partial charge < -0.3 is 13.9 Å². The molecule has 55 heavy (non-hydrogen) atoms. The van der Waals surface area contributed by atoms with E-state index in [0.717, 1.165) is 55.8 Å². The number of aromatic nitrogens is 1. The predicted molar refractivity (Wildman–Crippen MR) is 231 cm³/mol. The maximum absolute atomic E-state index is 6.31. The van der Waals surface area contributed by atoms with Crippen molar-refractivity contribution >= 4 is 71.6 Å². The Morgan fingerprint density at radius 2 is 0.873 bits per heavy atom. The van der Waals surface area contributed by atoms with Crippen LogP contribution in [0, 0.1) is 0 Å². The molecule has 2 aromatic heterocycles. The Morgan fingerprint density at radius 1 is 0.364 bits per heavy atom. The normalized spacial score (nSPS) is 11.6. The van der Waals surface area contributed by atoms with Crippen LogP contribution >= 0.6 is 0 Å². The molecule has 258 valence electrons. The Morgan fingerprint density at radius 3 is 1.62 bits per heavy atom. The largest absolute Gasteiger partial charge is 0.456 e. The number of furan rings is 1. The first-order valence-electron chi connectivity index (χ1n) is 18.8. The summed E-state index contributed by atoms with van der Waals surface area (Å²) < 4.78 is 8.70. The van der Waals surface area contributed by atoms with Gasteiger partial charge in [0.05, 0.1) is 11.0 Å². The molecule has 0 unspecified atom stereocenters. The van der Waals surface area contributed by atoms with Crippen LogP contribution in [0.15, 0.2) is 211 Å². The van der Waals surface area contributed by atoms with E-state index in [2.05, 4.69) is 204 Å². The minimum absolute atomic E-state index is 0.891. The Labute approximate surface area is 318 Å². The lowest BCUT2D eigenvalue weighted by molar-refractivity contribution is 0.669. The molecule has 0 radical (unpaired) electrons. The van der Waals surface area contributed by atoms with E-state index >= 15 is 0 Å². The molecule has 0 bridgehead atoms. The quantitative estimate of drug-likeness (QED) is 0.172. The van der Waals surface area contributed by atoms with Crippen LogP contribution in [0.1, 0.15) is 0 Å². The van der Waals surface area contributed by atoms with Crippen LogP contribution in [0.25, 0.3) is 82.5 Å². The molecule has 0 aliphatic carbocycles. The lowest BCUT2D eigenvalue weighted by Gasteiger charge is -2.27. The van der Waals surface area contributed by atoms with Crippen molar-refractivity contribution in [1.82, 2.24) is 4.57 Å². The summed E-state index contributed by atoms with van der Waals surface area (Å²) in [4.78, 5) is 2.39. The van der Waals surface area contributed by atoms with E-state index in [4.69, 9.17) is 4.42 Å². The molecule has 0 amide bonds. The summed E-state index contributed by atoms with van der Waals surface area (Å²) in [5, 5.41) is 7.22. The maximum atomic E-state index is 6.31. The van der Waals surface area contributed by atoms with Crippen molar-refractivity contribution in [3.05, 3.63) is 206 Å². The average molecular weight is 703 g/mol. The fourth-order valence-electron chi connectivity index (χ4n) is 8.54. The molecule has 0 N–H and O–H groups in total. The average Bonchev–Trinajstić information content (AvgIpc) is 3.80. The van der Waals surface area contributed by atoms with E-state index in [1.807, 2.05) is 12.1 Å². The zero-order chi connectivity index (χ0) is 36.3. The minimum Gasteiger partial charge on any atom is -0.456 e. The first kappa shape index (κ1) is 31.2. The summed E-state index contributed by atoms with van der Waals surface area (Å²) in [6.45, 7) is 0. The maximum Gasteiger partial charge on any atom is 0.136 e. The highest BCUT2D eigenvalue weighted by Gasteiger charge is 2.19. The van der Waals surface area contributed by atoms with E-state index in [0.29, 0.717) is 0 Å². The van der Waals surface area contributed by atoms with Gasteiger partial charge >= 0.3 is 0 Å². The molecule has 11 aromatic rings. The minimum atomic E-state index is 0.891. The summed E-state index contributed by atoms with van der Waals surface area (Å²) in [5.41, 5.74) is 13.1. The monoisotopic (exact) mass is 702 g/mol. The SMILES string of the molecule is c1cc(-c2cccc3ccccc23)cc(N(c2cccc(-c3cccc4oc5ccccc5c34)c2)c2cccc(-n3c4ccccc4c4ccccc43)c2)c1. The van der Waals surface area contributed by atoms with Gasteiger partial charge in [-0.15, -0.1) is 0 Å². The summed E-state index contributed by atoms with van der Waals surface area (Å²) in [6.07, 6.45) is 0. The second kappa shape index (κ2) is 12.6. The van der Waals surface area contributed by atoms with Crippen LogP contribution in [0.3, 0.4) is 0 Å². The molecule has 0 saturated carbocycles. The fraction of sp³-hybridized carbons (Fsp3) is 0. The molecule has 0 atom stereocenters. The number of nitrogens with zero attached hydrogens (tertiary/aromatic N) is 2. The number of hydrogen-bond acceptors (Lipinski definition) is 2. The standard InChI is InChI=1S/C52H34N2O/c1-2-22-42-35(14-1)15-11-26-43(42)36-16-9-18-38(32-36)53(39-19-10-17-37(33-39)44-27-13-31-51-52(44)47-25-5-8-30-50(47)55-51)40-20-12-21-41(34-40)54-48-28-6-3-23-45(48)46-24-4-7-29-49(46)54/h1-34H. The van der Waals surface area contributed by atoms with Crippen molar-refractivity contribution in [3.8, 4) is 27.9 Å². The molecular weight excluding hydrogens is 669 g/mol. The Bertz CT molecular complexity index is 3180. The third-order valence-electron chi connectivity index (χ3n) is 10.9. The third-order valence-corrected chi connectivity index (χ3v) is 10.9. The van der Waals surface area contributed by atoms with E-state index in [1.165, 1.54) is 43.7 Å². The molecule has 9 aromatic carbocycles. The van der Waals surface area contributed by atoms with Crippen LogP contribution in [-0.4, -0.2) is 4.57 Å². The van der Waals surface area contributed by atoms with Gasteiger partial charge in [-0.3, -0.25) is 0 Å². The Kier molecular flexibility index (Phi) is 7.17. The first-order valence-corrected chi connectivity index (χ1v) is 18.8. The lowest BCUT2D eigenvalue weighted by Crippen LogP contribution is -2.11. The molecule has 2 heterocycles. The summed E-state index contributed by atoms with van der Waals surface area (Å²) in [5.74, 6) is 0. The topological polar surface area (TPSA) is 21.3 Å². The van der Waals surface area contributed by atoms with Gasteiger partial charge in [0.1, 0.15) is 11.2 Å². The molecular formula is C52H34N2O. The number of hydrogen-bond donors (Lipinski definition) is 0. The van der Waals surface area contributed by atoms with Gasteiger partial charge in [0, 0.05) is 44.3 Å². The van der Waals surface area contributed by atoms with Gasteiger partial charge in [-0.1, -0.05) is 140 Å². The number of benzene rings is 9. The van der Waals surface area contributed by atoms with E-state index in [-0.39, 0.29) is 0 Å². The molecule has 3 heteroatoms. The number of anilines is 3. The van der Waals surface area contributed by atoms with Gasteiger partial charge in [-0.2, -0.15) is 0 Å². The van der Waals surface area contributed by atoms with Gasteiger partial charge in [-0.25, -0.2) is 0 Å². The van der Waals surface area contributed by atoms with E-state index in [1.54, 1.807) is 0 Å². The smallest absolute Gasteiger partial charge is 0.136 e. The Balaban J connectivity index is 1.13. The highest BCUT2D eigenvalue weighted by Crippen LogP contribution is 2.43. The van der Waals surface area contributed by atoms with E-state index < -0.39 is 0 Å². The molecule has 3 nitrogen and oxygen atoms in total. The second-order valence-electron chi connectivity index (χ2n) is 14.1. The van der Waals surface area contributed by atoms with Crippen LogP contribution in [0.2, 0.25) is 0 Å². The van der Waals surface area contributed by atoms with Crippen molar-refractivity contribution in [2.45, 2.75) is 0 Å². The predicted octanol–water partition coefficient (Wildman–Crippen LogP) is 14.6. The molecule has 0 aliphatic heterocycles. The van der Waals surface area contributed by atoms with Crippen molar-refractivity contribution in [3.63, 3.8) is 0 Å². The van der Waals surface area contributed by atoms with Gasteiger partial charge in [0.2, 0.25) is 0 Å². The number of rotatable bonds is 6. The van der Waals surface area contributed by atoms with Gasteiger partial charge in [0.25, 0.3) is 0 Å². The van der Waals surface area contributed by atoms with Crippen molar-refractivity contribution < 1.29 is 4.42 Å². The zero-order valence-electron chi connectivity index (χ0n) is 29.9. The van der Waals surface area contributed by atoms with Gasteiger partial charge in [-0.05, 0) is 99.8 Å². The summed E-state index contributed by atoms with van der Waals surface area (Å²) in [7, 11) is 0. The third kappa shape index (κ3) is 5.13. The summed E-state index contributed by atoms with van der Waals surface area (Å²) in [6, 6.07) is 74.0. The number of fused-ring (bicyclic) bond motifs is 7. The molecule has 0 saturated heterocycles. The number of para-hydroxylation sites is 3. The van der Waals surface area contributed by atoms with Crippen LogP contribution in [-0.2, 0) is 0 Å². The lowest BCUT2D eigenvalue weighted by atomic mass is 9.97. The summed E-state index contributed by atoms with van der Waals surface area (Å²) >= 11 is 0. The highest BCUT2D eigenvalue weighted by molar-refractivity contribution is 6.13. The van der Waals surface area contributed by atoms with E-state index in [9.17, 15) is 0 Å². The fourth-order valence-corrected chi connectivity index (χ4v) is 8.54. The Hall–Kier alpha value is -7.36.